The maximum atomic E-state index is 11.5. The van der Waals surface area contributed by atoms with E-state index in [9.17, 15) is 43.2 Å². The van der Waals surface area contributed by atoms with E-state index in [2.05, 4.69) is 71.8 Å². The summed E-state index contributed by atoms with van der Waals surface area (Å²) in [5.74, 6) is -7.29. The van der Waals surface area contributed by atoms with Gasteiger partial charge in [-0.15, -0.1) is 0 Å². The molecule has 0 radical (unpaired) electrons. The fourth-order valence-corrected chi connectivity index (χ4v) is 3.25. The Balaban J connectivity index is -0.000000298. The molecule has 0 aliphatic rings. The lowest BCUT2D eigenvalue weighted by molar-refractivity contribution is -0.142. The molecule has 0 fully saturated rings. The largest absolute Gasteiger partial charge is 0.480 e. The van der Waals surface area contributed by atoms with Crippen LogP contribution < -0.4 is 32.7 Å². The third-order valence-electron chi connectivity index (χ3n) is 4.92. The summed E-state index contributed by atoms with van der Waals surface area (Å²) in [7, 11) is 0. The maximum absolute atomic E-state index is 11.5. The second kappa shape index (κ2) is 28.4. The van der Waals surface area contributed by atoms with Gasteiger partial charge in [-0.3, -0.25) is 33.6 Å². The highest BCUT2D eigenvalue weighted by atomic mass is 32.1. The number of amides is 4. The molecule has 4 unspecified atom stereocenters. The van der Waals surface area contributed by atoms with Crippen molar-refractivity contribution in [3.8, 4) is 0 Å². The highest BCUT2D eigenvalue weighted by Crippen LogP contribution is 2.17. The first-order chi connectivity index (χ1) is 22.3. The molecule has 5 atom stereocenters. The molecule has 0 aliphatic carbocycles. The van der Waals surface area contributed by atoms with Gasteiger partial charge in [-0.1, -0.05) is 0 Å². The third-order valence-corrected chi connectivity index (χ3v) is 6.30. The van der Waals surface area contributed by atoms with Crippen molar-refractivity contribution in [1.29, 1.82) is 0 Å². The smallest absolute Gasteiger partial charge is 0.327 e. The van der Waals surface area contributed by atoms with Gasteiger partial charge in [0.05, 0.1) is 0 Å². The first-order valence-electron chi connectivity index (χ1n) is 13.6. The van der Waals surface area contributed by atoms with Gasteiger partial charge in [0.1, 0.15) is 36.8 Å². The van der Waals surface area contributed by atoms with E-state index in [4.69, 9.17) is 37.0 Å². The quantitative estimate of drug-likeness (QED) is 0.0650. The molecule has 49 heavy (non-hydrogen) atoms. The van der Waals surface area contributed by atoms with Gasteiger partial charge in [-0.2, -0.15) is 50.5 Å². The van der Waals surface area contributed by atoms with Crippen molar-refractivity contribution in [2.75, 3.05) is 23.8 Å². The number of thiol groups is 4. The third kappa shape index (κ3) is 31.6. The van der Waals surface area contributed by atoms with E-state index >= 15 is 0 Å². The molecule has 24 heteroatoms. The van der Waals surface area contributed by atoms with Crippen LogP contribution in [0.15, 0.2) is 0 Å². The molecule has 0 heterocycles. The Kier molecular flexibility index (Phi) is 30.3. The zero-order chi connectivity index (χ0) is 39.7. The molecule has 0 bridgehead atoms. The average Bonchev–Trinajstić information content (AvgIpc) is 2.98. The summed E-state index contributed by atoms with van der Waals surface area (Å²) < 4.78 is -0.766. The lowest BCUT2D eigenvalue weighted by Crippen LogP contribution is -2.50. The molecule has 284 valence electrons. The topological polar surface area (TPSA) is 355 Å². The Labute approximate surface area is 303 Å². The fraction of sp³-hybridized carbons (Fsp3) is 0.640. The molecule has 4 amide bonds. The van der Waals surface area contributed by atoms with Gasteiger partial charge in [0.15, 0.2) is 0 Å². The first-order valence-corrected chi connectivity index (χ1v) is 15.9. The van der Waals surface area contributed by atoms with Gasteiger partial charge in [-0.25, -0.2) is 9.59 Å². The lowest BCUT2D eigenvalue weighted by atomic mass is 10.0. The molecule has 0 spiro atoms. The van der Waals surface area contributed by atoms with Crippen molar-refractivity contribution >= 4 is 104 Å². The van der Waals surface area contributed by atoms with Crippen molar-refractivity contribution < 1.29 is 68.7 Å². The Morgan fingerprint density at radius 3 is 1.33 bits per heavy atom. The Morgan fingerprint density at radius 1 is 0.653 bits per heavy atom. The van der Waals surface area contributed by atoms with Crippen LogP contribution in [0, 0.1) is 0 Å². The molecular weight excluding hydrogens is 737 g/mol. The zero-order valence-corrected chi connectivity index (χ0v) is 30.6. The van der Waals surface area contributed by atoms with Crippen molar-refractivity contribution in [2.24, 2.45) is 11.5 Å². The SMILES string of the molecule is CC(=O)NC(C(=O)O)C(C)(C)S.CC(=O)NC(CS)C(=O)O.NC(CS)C(=O)O.N[C@@H](CCC(=O)NC(CS)C(=O)NCC(=O)O)C(=O)O. The maximum Gasteiger partial charge on any atom is 0.327 e. The second-order valence-electron chi connectivity index (χ2n) is 9.92. The van der Waals surface area contributed by atoms with Gasteiger partial charge in [0.25, 0.3) is 0 Å². The molecule has 0 aromatic heterocycles. The predicted molar refractivity (Wildman–Crippen MR) is 188 cm³/mol. The molecule has 0 saturated carbocycles. The molecule has 0 saturated heterocycles. The van der Waals surface area contributed by atoms with Crippen LogP contribution in [-0.2, 0) is 43.2 Å². The van der Waals surface area contributed by atoms with Gasteiger partial charge in [0, 0.05) is 42.3 Å². The Bertz CT molecular complexity index is 1130. The summed E-state index contributed by atoms with van der Waals surface area (Å²) in [6, 6.07) is -4.80. The van der Waals surface area contributed by atoms with Crippen molar-refractivity contribution in [2.45, 2.75) is 75.5 Å². The summed E-state index contributed by atoms with van der Waals surface area (Å²) in [4.78, 5) is 95.2. The number of carboxylic acids is 5. The van der Waals surface area contributed by atoms with E-state index in [0.717, 1.165) is 0 Å². The highest BCUT2D eigenvalue weighted by molar-refractivity contribution is 7.82. The standard InChI is InChI=1S/C10H17N3O6S.C7H13NO3S.C5H9NO3S.C3H7NO2S/c11-5(10(18)19)1-2-7(14)13-6(4-20)9(17)12-3-8(15)16;1-4(9)8-5(6(10)11)7(2,3)12;1-3(7)6-4(2-10)5(8)9;4-2(1-7)3(5)6/h5-6,20H,1-4,11H2,(H,12,17)(H,13,14)(H,15,16)(H,18,19);5,12H,1-3H3,(H,8,9)(H,10,11);4,10H,2H2,1H3,(H,6,7)(H,8,9);2,7H,1,4H2,(H,5,6)/t5-,6?;;;/m0.../s1. The van der Waals surface area contributed by atoms with E-state index in [1.807, 2.05) is 0 Å². The number of nitrogens with two attached hydrogens (primary N) is 2. The van der Waals surface area contributed by atoms with Crippen molar-refractivity contribution in [3.05, 3.63) is 0 Å². The number of rotatable bonds is 17. The second-order valence-corrected chi connectivity index (χ2v) is 12.2. The molecule has 20 nitrogen and oxygen atoms in total. The number of nitrogens with one attached hydrogen (secondary N) is 4. The summed E-state index contributed by atoms with van der Waals surface area (Å²) in [5.41, 5.74) is 10.2. The Hall–Kier alpha value is -3.45. The van der Waals surface area contributed by atoms with Gasteiger partial charge >= 0.3 is 29.8 Å². The molecule has 13 N–H and O–H groups in total. The molecule has 0 rings (SSSR count). The minimum absolute atomic E-state index is 0.0256. The van der Waals surface area contributed by atoms with Crippen LogP contribution >= 0.6 is 50.5 Å². The predicted octanol–water partition coefficient (Wildman–Crippen LogP) is -3.09. The van der Waals surface area contributed by atoms with Gasteiger partial charge < -0.3 is 58.3 Å². The number of carbonyl (C=O) groups is 9. The average molecular weight is 783 g/mol. The number of carbonyl (C=O) groups excluding carboxylic acids is 4. The van der Waals surface area contributed by atoms with E-state index in [0.29, 0.717) is 0 Å². The van der Waals surface area contributed by atoms with Crippen molar-refractivity contribution in [3.63, 3.8) is 0 Å². The highest BCUT2D eigenvalue weighted by Gasteiger charge is 2.32. The van der Waals surface area contributed by atoms with Crippen LogP contribution in [0.1, 0.15) is 40.5 Å². The molecular formula is C25H46N6O14S4. The molecule has 0 aromatic carbocycles. The molecule has 0 aliphatic heterocycles. The summed E-state index contributed by atoms with van der Waals surface area (Å²) >= 11 is 15.3. The summed E-state index contributed by atoms with van der Waals surface area (Å²) in [6.45, 7) is 5.23. The van der Waals surface area contributed by atoms with Crippen LogP contribution in [0.2, 0.25) is 0 Å². The zero-order valence-electron chi connectivity index (χ0n) is 27.0. The number of aliphatic carboxylic acids is 5. The van der Waals surface area contributed by atoms with E-state index in [1.54, 1.807) is 13.8 Å². The minimum atomic E-state index is -1.22. The van der Waals surface area contributed by atoms with E-state index in [-0.39, 0.29) is 41.9 Å². The van der Waals surface area contributed by atoms with Gasteiger partial charge in [-0.05, 0) is 20.3 Å². The van der Waals surface area contributed by atoms with Crippen molar-refractivity contribution in [1.82, 2.24) is 21.3 Å². The monoisotopic (exact) mass is 782 g/mol. The number of carboxylic acid groups (broad SMARTS) is 5. The van der Waals surface area contributed by atoms with E-state index < -0.39 is 83.2 Å². The molecule has 0 aromatic rings. The minimum Gasteiger partial charge on any atom is -0.480 e. The van der Waals surface area contributed by atoms with Crippen LogP contribution in [0.4, 0.5) is 0 Å². The van der Waals surface area contributed by atoms with Gasteiger partial charge in [0.2, 0.25) is 23.6 Å². The van der Waals surface area contributed by atoms with Crippen LogP contribution in [-0.4, -0.2) is 138 Å². The summed E-state index contributed by atoms with van der Waals surface area (Å²) in [5, 5.41) is 50.9. The number of hydrogen-bond donors (Lipinski definition) is 15. The Morgan fingerprint density at radius 2 is 1.10 bits per heavy atom. The van der Waals surface area contributed by atoms with E-state index in [1.165, 1.54) is 13.8 Å². The van der Waals surface area contributed by atoms with Crippen LogP contribution in [0.3, 0.4) is 0 Å². The fourth-order valence-electron chi connectivity index (χ4n) is 2.41. The lowest BCUT2D eigenvalue weighted by Gasteiger charge is -2.26. The summed E-state index contributed by atoms with van der Waals surface area (Å²) in [6.07, 6.45) is -0.235. The van der Waals surface area contributed by atoms with Crippen LogP contribution in [0.5, 0.6) is 0 Å². The normalized spacial score (nSPS) is 13.1. The number of hydrogen-bond acceptors (Lipinski definition) is 15. The first kappa shape index (κ1) is 52.4. The van der Waals surface area contributed by atoms with Crippen LogP contribution in [0.25, 0.3) is 0 Å².